The van der Waals surface area contributed by atoms with Crippen molar-refractivity contribution in [2.45, 2.75) is 52.0 Å². The van der Waals surface area contributed by atoms with Gasteiger partial charge in [-0.25, -0.2) is 0 Å². The summed E-state index contributed by atoms with van der Waals surface area (Å²) in [5.74, 6) is 0. The first-order valence-electron chi connectivity index (χ1n) is 6.77. The van der Waals surface area contributed by atoms with E-state index in [1.165, 1.54) is 24.2 Å². The van der Waals surface area contributed by atoms with Crippen LogP contribution in [0.25, 0.3) is 5.65 Å². The summed E-state index contributed by atoms with van der Waals surface area (Å²) in [5.41, 5.74) is 2.93. The molecule has 3 rings (SSSR count). The summed E-state index contributed by atoms with van der Waals surface area (Å²) >= 11 is 0. The predicted molar refractivity (Wildman–Crippen MR) is 68.8 cm³/mol. The van der Waals surface area contributed by atoms with E-state index in [-0.39, 0.29) is 5.56 Å². The van der Waals surface area contributed by atoms with E-state index >= 15 is 0 Å². The lowest BCUT2D eigenvalue weighted by Crippen LogP contribution is -2.30. The van der Waals surface area contributed by atoms with Crippen molar-refractivity contribution in [1.29, 1.82) is 0 Å². The first-order chi connectivity index (χ1) is 8.83. The van der Waals surface area contributed by atoms with Crippen LogP contribution in [0, 0.1) is 0 Å². The summed E-state index contributed by atoms with van der Waals surface area (Å²) in [6.45, 7) is 2.95. The highest BCUT2D eigenvalue weighted by Gasteiger charge is 2.20. The van der Waals surface area contributed by atoms with E-state index < -0.39 is 0 Å². The first kappa shape index (κ1) is 11.4. The van der Waals surface area contributed by atoms with E-state index in [9.17, 15) is 4.79 Å². The highest BCUT2D eigenvalue weighted by Crippen LogP contribution is 2.20. The minimum absolute atomic E-state index is 0.0154. The SMILES string of the molecule is CCCCn1c2c(n3cnnc3c1=O)CCCC2. The molecule has 0 unspecified atom stereocenters. The van der Waals surface area contributed by atoms with Crippen LogP contribution in [0.5, 0.6) is 0 Å². The van der Waals surface area contributed by atoms with Gasteiger partial charge >= 0.3 is 0 Å². The van der Waals surface area contributed by atoms with Crippen LogP contribution in [0.15, 0.2) is 11.1 Å². The van der Waals surface area contributed by atoms with Crippen molar-refractivity contribution in [3.05, 3.63) is 28.1 Å². The molecule has 0 bridgehead atoms. The van der Waals surface area contributed by atoms with Crippen LogP contribution in [0.4, 0.5) is 0 Å². The second-order valence-electron chi connectivity index (χ2n) is 4.94. The van der Waals surface area contributed by atoms with Gasteiger partial charge in [-0.3, -0.25) is 9.20 Å². The molecule has 18 heavy (non-hydrogen) atoms. The number of rotatable bonds is 3. The topological polar surface area (TPSA) is 52.2 Å². The Morgan fingerprint density at radius 3 is 2.83 bits per heavy atom. The average Bonchev–Trinajstić information content (AvgIpc) is 2.88. The largest absolute Gasteiger partial charge is 0.308 e. The molecule has 0 atom stereocenters. The van der Waals surface area contributed by atoms with E-state index in [0.717, 1.165) is 32.2 Å². The maximum atomic E-state index is 12.4. The average molecular weight is 246 g/mol. The number of nitrogens with zero attached hydrogens (tertiary/aromatic N) is 4. The van der Waals surface area contributed by atoms with Gasteiger partial charge in [-0.15, -0.1) is 10.2 Å². The minimum atomic E-state index is 0.0154. The zero-order valence-corrected chi connectivity index (χ0v) is 10.7. The van der Waals surface area contributed by atoms with Gasteiger partial charge in [0.25, 0.3) is 5.56 Å². The lowest BCUT2D eigenvalue weighted by Gasteiger charge is -2.21. The third-order valence-electron chi connectivity index (χ3n) is 3.75. The van der Waals surface area contributed by atoms with Crippen LogP contribution in [0.2, 0.25) is 0 Å². The van der Waals surface area contributed by atoms with Crippen LogP contribution in [-0.2, 0) is 19.4 Å². The number of aryl methyl sites for hydroxylation is 1. The Balaban J connectivity index is 2.25. The maximum Gasteiger partial charge on any atom is 0.296 e. The Bertz CT molecular complexity index is 626. The molecule has 1 aliphatic carbocycles. The zero-order chi connectivity index (χ0) is 12.5. The molecule has 5 heteroatoms. The Hall–Kier alpha value is -1.65. The number of unbranched alkanes of at least 4 members (excludes halogenated alkanes) is 1. The van der Waals surface area contributed by atoms with Gasteiger partial charge in [0.2, 0.25) is 5.65 Å². The molecule has 1 aliphatic rings. The normalized spacial score (nSPS) is 14.9. The Kier molecular flexibility index (Phi) is 2.89. The van der Waals surface area contributed by atoms with Crippen molar-refractivity contribution in [1.82, 2.24) is 19.2 Å². The second kappa shape index (κ2) is 4.55. The summed E-state index contributed by atoms with van der Waals surface area (Å²) in [6, 6.07) is 0. The number of fused-ring (bicyclic) bond motifs is 3. The standard InChI is InChI=1S/C13H18N4O/c1-2-3-8-16-10-6-4-5-7-11(10)17-9-14-15-12(17)13(16)18/h9H,2-8H2,1H3. The van der Waals surface area contributed by atoms with Crippen molar-refractivity contribution < 1.29 is 0 Å². The van der Waals surface area contributed by atoms with Gasteiger partial charge in [-0.05, 0) is 32.1 Å². The molecular weight excluding hydrogens is 228 g/mol. The van der Waals surface area contributed by atoms with E-state index in [4.69, 9.17) is 0 Å². The molecule has 0 amide bonds. The molecule has 0 saturated heterocycles. The number of aromatic nitrogens is 4. The lowest BCUT2D eigenvalue weighted by molar-refractivity contribution is 0.536. The number of hydrogen-bond acceptors (Lipinski definition) is 3. The molecule has 5 nitrogen and oxygen atoms in total. The van der Waals surface area contributed by atoms with Crippen molar-refractivity contribution in [2.24, 2.45) is 0 Å². The van der Waals surface area contributed by atoms with Gasteiger partial charge in [0.05, 0.1) is 0 Å². The molecule has 0 saturated carbocycles. The van der Waals surface area contributed by atoms with Gasteiger partial charge < -0.3 is 4.57 Å². The van der Waals surface area contributed by atoms with Crippen molar-refractivity contribution >= 4 is 5.65 Å². The predicted octanol–water partition coefficient (Wildman–Crippen LogP) is 1.57. The van der Waals surface area contributed by atoms with Crippen LogP contribution in [-0.4, -0.2) is 19.2 Å². The molecule has 0 aliphatic heterocycles. The summed E-state index contributed by atoms with van der Waals surface area (Å²) in [7, 11) is 0. The zero-order valence-electron chi connectivity index (χ0n) is 10.7. The maximum absolute atomic E-state index is 12.4. The van der Waals surface area contributed by atoms with E-state index in [0.29, 0.717) is 5.65 Å². The van der Waals surface area contributed by atoms with Crippen LogP contribution in [0.1, 0.15) is 44.0 Å². The second-order valence-corrected chi connectivity index (χ2v) is 4.94. The fourth-order valence-corrected chi connectivity index (χ4v) is 2.80. The van der Waals surface area contributed by atoms with Gasteiger partial charge in [0, 0.05) is 17.9 Å². The number of hydrogen-bond donors (Lipinski definition) is 0. The fraction of sp³-hybridized carbons (Fsp3) is 0.615. The van der Waals surface area contributed by atoms with Gasteiger partial charge in [-0.1, -0.05) is 13.3 Å². The summed E-state index contributed by atoms with van der Waals surface area (Å²) < 4.78 is 3.82. The third-order valence-corrected chi connectivity index (χ3v) is 3.75. The quantitative estimate of drug-likeness (QED) is 0.826. The monoisotopic (exact) mass is 246 g/mol. The fourth-order valence-electron chi connectivity index (χ4n) is 2.80. The summed E-state index contributed by atoms with van der Waals surface area (Å²) in [4.78, 5) is 12.4. The summed E-state index contributed by atoms with van der Waals surface area (Å²) in [5, 5.41) is 7.87. The van der Waals surface area contributed by atoms with Gasteiger partial charge in [0.15, 0.2) is 0 Å². The van der Waals surface area contributed by atoms with E-state index in [1.54, 1.807) is 6.33 Å². The highest BCUT2D eigenvalue weighted by molar-refractivity contribution is 5.38. The Labute approximate surface area is 105 Å². The van der Waals surface area contributed by atoms with Crippen molar-refractivity contribution in [3.63, 3.8) is 0 Å². The highest BCUT2D eigenvalue weighted by atomic mass is 16.1. The molecule has 0 fully saturated rings. The van der Waals surface area contributed by atoms with E-state index in [2.05, 4.69) is 17.1 Å². The van der Waals surface area contributed by atoms with Crippen molar-refractivity contribution in [2.75, 3.05) is 0 Å². The molecular formula is C13H18N4O. The summed E-state index contributed by atoms with van der Waals surface area (Å²) in [6.07, 6.45) is 8.19. The molecule has 2 heterocycles. The van der Waals surface area contributed by atoms with Crippen LogP contribution >= 0.6 is 0 Å². The first-order valence-corrected chi connectivity index (χ1v) is 6.77. The van der Waals surface area contributed by atoms with Gasteiger partial charge in [0.1, 0.15) is 6.33 Å². The lowest BCUT2D eigenvalue weighted by atomic mass is 9.99. The van der Waals surface area contributed by atoms with Crippen LogP contribution < -0.4 is 5.56 Å². The molecule has 0 aromatic carbocycles. The molecule has 0 spiro atoms. The third kappa shape index (κ3) is 1.65. The molecule has 0 radical (unpaired) electrons. The minimum Gasteiger partial charge on any atom is -0.308 e. The molecule has 0 N–H and O–H groups in total. The van der Waals surface area contributed by atoms with Crippen molar-refractivity contribution in [3.8, 4) is 0 Å². The van der Waals surface area contributed by atoms with Gasteiger partial charge in [-0.2, -0.15) is 0 Å². The van der Waals surface area contributed by atoms with E-state index in [1.807, 2.05) is 8.97 Å². The Morgan fingerprint density at radius 1 is 1.28 bits per heavy atom. The molecule has 96 valence electrons. The smallest absolute Gasteiger partial charge is 0.296 e. The molecule has 2 aromatic rings. The van der Waals surface area contributed by atoms with Crippen LogP contribution in [0.3, 0.4) is 0 Å². The molecule has 2 aromatic heterocycles. The Morgan fingerprint density at radius 2 is 2.06 bits per heavy atom.